The number of hydrogen-bond donors (Lipinski definition) is 2. The van der Waals surface area contributed by atoms with E-state index in [9.17, 15) is 10.2 Å². The van der Waals surface area contributed by atoms with Crippen LogP contribution in [0.4, 0.5) is 8.78 Å². The fourth-order valence-corrected chi connectivity index (χ4v) is 15.2. The fraction of sp³-hybridized carbons (Fsp3) is 0.419. The number of aromatic hydroxyl groups is 2. The van der Waals surface area contributed by atoms with Crippen molar-refractivity contribution in [3.8, 4) is 56.6 Å². The second kappa shape index (κ2) is 24.6. The van der Waals surface area contributed by atoms with Gasteiger partial charge in [-0.1, -0.05) is 187 Å². The fourth-order valence-electron chi connectivity index (χ4n) is 15.2. The Kier molecular flexibility index (Phi) is 18.1. The summed E-state index contributed by atoms with van der Waals surface area (Å²) in [5.74, 6) is 0.594. The largest absolute Gasteiger partial charge is 0.711 e. The molecule has 0 radical (unpaired) electrons. The van der Waals surface area contributed by atoms with Crippen molar-refractivity contribution >= 4 is 43.6 Å². The molecule has 498 valence electrons. The number of halogens is 2. The van der Waals surface area contributed by atoms with E-state index in [2.05, 4.69) is 268 Å². The van der Waals surface area contributed by atoms with E-state index in [0.29, 0.717) is 83.2 Å². The molecule has 0 aliphatic carbocycles. The number of aryl methyl sites for hydroxylation is 3. The van der Waals surface area contributed by atoms with E-state index in [4.69, 9.17) is 0 Å². The molecule has 0 aliphatic heterocycles. The van der Waals surface area contributed by atoms with Crippen LogP contribution in [0.3, 0.4) is 0 Å². The molecule has 6 nitrogen and oxygen atoms in total. The molecule has 8 aromatic carbocycles. The Labute approximate surface area is 561 Å². The second-order valence-electron chi connectivity index (χ2n) is 34.2. The van der Waals surface area contributed by atoms with Gasteiger partial charge in [0.15, 0.2) is 0 Å². The summed E-state index contributed by atoms with van der Waals surface area (Å²) in [7, 11) is 9.23. The van der Waals surface area contributed by atoms with Gasteiger partial charge in [0.05, 0.1) is 44.6 Å². The van der Waals surface area contributed by atoms with Crippen LogP contribution < -0.4 is 0 Å². The van der Waals surface area contributed by atoms with Crippen molar-refractivity contribution in [3.05, 3.63) is 192 Å². The van der Waals surface area contributed by atoms with Gasteiger partial charge in [0.1, 0.15) is 36.3 Å². The molecule has 2 N–H and O–H groups in total. The highest BCUT2D eigenvalue weighted by molar-refractivity contribution is 6.11. The Morgan fingerprint density at radius 2 is 0.755 bits per heavy atom. The highest BCUT2D eigenvalue weighted by Crippen LogP contribution is 2.53. The molecule has 0 unspecified atom stereocenters. The number of rotatable bonds is 16. The average molecular weight is 1270 g/mol. The first-order valence-corrected chi connectivity index (χ1v) is 34.0. The minimum atomic E-state index is -0.417. The molecule has 8 heteroatoms. The van der Waals surface area contributed by atoms with Gasteiger partial charge in [0.25, 0.3) is 0 Å². The summed E-state index contributed by atoms with van der Waals surface area (Å²) in [6.45, 7) is 49.5. The molecule has 0 fully saturated rings. The maximum atomic E-state index is 16.5. The van der Waals surface area contributed by atoms with Crippen molar-refractivity contribution in [3.63, 3.8) is 0 Å². The number of fused-ring (bicyclic) bond motifs is 6. The van der Waals surface area contributed by atoms with Crippen LogP contribution >= 0.6 is 0 Å². The zero-order valence-corrected chi connectivity index (χ0v) is 60.8. The Morgan fingerprint density at radius 1 is 0.404 bits per heavy atom. The molecule has 0 atom stereocenters. The summed E-state index contributed by atoms with van der Waals surface area (Å²) < 4.78 is 43.5. The van der Waals surface area contributed by atoms with Gasteiger partial charge in [-0.05, 0) is 191 Å². The summed E-state index contributed by atoms with van der Waals surface area (Å²) in [5.41, 5.74) is 14.1. The monoisotopic (exact) mass is 1270 g/mol. The number of unbranched alkanes of at least 4 members (excludes halogenated alkanes) is 1. The number of hydrogen-bond acceptors (Lipinski definition) is 2. The predicted octanol–water partition coefficient (Wildman–Crippen LogP) is 25.0. The zero-order valence-electron chi connectivity index (χ0n) is 60.8. The molecule has 0 bridgehead atoms. The van der Waals surface area contributed by atoms with Gasteiger partial charge in [0, 0.05) is 56.6 Å². The molecule has 94 heavy (non-hydrogen) atoms. The van der Waals surface area contributed by atoms with Crippen molar-refractivity contribution in [2.75, 3.05) is 13.2 Å². The van der Waals surface area contributed by atoms with Crippen molar-refractivity contribution in [1.82, 2.24) is 9.13 Å². The Balaban J connectivity index is 1.06. The van der Waals surface area contributed by atoms with Crippen LogP contribution in [0.25, 0.3) is 77.2 Å². The number of phenolic OH excluding ortho intramolecular Hbond substituents is 2. The van der Waals surface area contributed by atoms with E-state index >= 15 is 8.78 Å². The molecule has 0 aliphatic rings. The van der Waals surface area contributed by atoms with Gasteiger partial charge in [-0.2, -0.15) is 0 Å². The van der Waals surface area contributed by atoms with Gasteiger partial charge >= 0.3 is 0 Å². The lowest BCUT2D eigenvalue weighted by Crippen LogP contribution is -2.25. The molecule has 0 spiro atoms. The summed E-state index contributed by atoms with van der Waals surface area (Å²) in [4.78, 5) is 0. The van der Waals surface area contributed by atoms with E-state index in [1.807, 2.05) is 13.8 Å². The van der Waals surface area contributed by atoms with Crippen molar-refractivity contribution in [1.29, 1.82) is 0 Å². The average Bonchev–Trinajstić information content (AvgIpc) is 1.50. The van der Waals surface area contributed by atoms with Gasteiger partial charge in [-0.25, -0.2) is 8.78 Å². The third-order valence-corrected chi connectivity index (χ3v) is 19.4. The van der Waals surface area contributed by atoms with Crippen LogP contribution in [-0.2, 0) is 42.2 Å². The Bertz CT molecular complexity index is 4480. The maximum Gasteiger partial charge on any atom is 0.238 e. The molecule has 2 aromatic heterocycles. The highest BCUT2D eigenvalue weighted by Gasteiger charge is 2.35. The summed E-state index contributed by atoms with van der Waals surface area (Å²) in [6, 6.07) is 41.3. The van der Waals surface area contributed by atoms with E-state index < -0.39 is 11.6 Å². The normalized spacial score (nSPS) is 13.2. The van der Waals surface area contributed by atoms with E-state index in [1.54, 1.807) is 12.1 Å². The molecule has 0 saturated heterocycles. The molecular formula is C86H106F2N2O4. The summed E-state index contributed by atoms with van der Waals surface area (Å²) in [6.07, 6.45) is 3.42. The molecule has 10 rings (SSSR count). The van der Waals surface area contributed by atoms with Gasteiger partial charge in [0.2, 0.25) is 11.5 Å². The van der Waals surface area contributed by atoms with Gasteiger partial charge in [-0.3, -0.25) is 0 Å². The van der Waals surface area contributed by atoms with E-state index in [0.717, 1.165) is 78.7 Å². The summed E-state index contributed by atoms with van der Waals surface area (Å²) in [5, 5.41) is 30.9. The molecular weight excluding hydrogens is 1160 g/mol. The highest BCUT2D eigenvalue weighted by atomic mass is 19.1. The first-order chi connectivity index (χ1) is 43.5. The summed E-state index contributed by atoms with van der Waals surface area (Å²) >= 11 is 0. The van der Waals surface area contributed by atoms with Crippen LogP contribution in [0.5, 0.6) is 23.0 Å². The van der Waals surface area contributed by atoms with Crippen LogP contribution in [0.15, 0.2) is 121 Å². The van der Waals surface area contributed by atoms with Crippen LogP contribution in [-0.4, -0.2) is 32.6 Å². The molecule has 2 heterocycles. The molecule has 0 saturated carbocycles. The van der Waals surface area contributed by atoms with E-state index in [-0.39, 0.29) is 49.4 Å². The first-order valence-electron chi connectivity index (χ1n) is 34.0. The van der Waals surface area contributed by atoms with Gasteiger partial charge in [-0.15, -0.1) is 0 Å². The third kappa shape index (κ3) is 13.7. The number of benzene rings is 8. The standard InChI is InChI=1S/C86H106F2N2O4/c1-25-54-40-61(88)49-69(67-42-59(86(21,22)51-81(7,8)9)46-74(77(67)92)89-70-38-52(2)28-32-62(70)63-33-29-55(43-71(63)89)82(10,11)12)79(54)94(24)37-27-26-36-93(23)78-53(3)39-60(87)48-68(78)66-41-58(85(19,20)50-80(4,5)6)47-75(76(66)91)90-72-44-56(83(13,14)15)30-34-64(72)65-35-31-57(45-73(65)90)84(16,17)18/h28-35,38-49,91-92H,23-27,36-37,50-51H2,1-22H3. The van der Waals surface area contributed by atoms with Crippen molar-refractivity contribution in [2.24, 2.45) is 10.8 Å². The zero-order chi connectivity index (χ0) is 69.1. The van der Waals surface area contributed by atoms with Crippen molar-refractivity contribution < 1.29 is 27.7 Å². The van der Waals surface area contributed by atoms with Crippen LogP contribution in [0.1, 0.15) is 209 Å². The van der Waals surface area contributed by atoms with Crippen LogP contribution in [0, 0.1) is 50.5 Å². The van der Waals surface area contributed by atoms with Crippen LogP contribution in [0.2, 0.25) is 0 Å². The third-order valence-electron chi connectivity index (χ3n) is 19.4. The lowest BCUT2D eigenvalue weighted by molar-refractivity contribution is 0.00415. The van der Waals surface area contributed by atoms with E-state index in [1.165, 1.54) is 28.8 Å². The van der Waals surface area contributed by atoms with Gasteiger partial charge < -0.3 is 28.1 Å². The Morgan fingerprint density at radius 3 is 1.13 bits per heavy atom. The lowest BCUT2D eigenvalue weighted by atomic mass is 9.71. The Hall–Kier alpha value is -7.58. The molecule has 10 aromatic rings. The minimum absolute atomic E-state index is 0.0343. The first kappa shape index (κ1) is 69.3. The molecule has 0 amide bonds. The van der Waals surface area contributed by atoms with Crippen molar-refractivity contribution in [2.45, 2.75) is 212 Å². The lowest BCUT2D eigenvalue weighted by Gasteiger charge is -2.35. The second-order valence-corrected chi connectivity index (χ2v) is 34.2. The SMILES string of the molecule is [CH2-][O+](CCCC[O+]([CH2-])c1c(CC)cc(F)cc1-c1cc(C(C)(C)CC(C)(C)C)cc(-n2c3cc(C)ccc3c3ccc(C(C)(C)C)cc32)c1O)c1c(C)cc(F)cc1-c1cc(C(C)(C)CC(C)(C)C)cc(-n2c3cc(C(C)(C)C)ccc3c3ccc(C(C)(C)C)cc32)c1O. The maximum absolute atomic E-state index is 16.5. The topological polar surface area (TPSA) is 55.7 Å². The smallest absolute Gasteiger partial charge is 0.238 e. The number of aromatic nitrogens is 2. The quantitative estimate of drug-likeness (QED) is 0.0575. The number of nitrogens with zero attached hydrogens (tertiary/aromatic N) is 2. The number of phenols is 2. The minimum Gasteiger partial charge on any atom is -0.711 e. The predicted molar refractivity (Wildman–Crippen MR) is 396 cm³/mol.